The second kappa shape index (κ2) is 24.6. The molecule has 37 heavy (non-hydrogen) atoms. The van der Waals surface area contributed by atoms with Gasteiger partial charge in [-0.3, -0.25) is 4.79 Å². The Morgan fingerprint density at radius 1 is 0.595 bits per heavy atom. The van der Waals surface area contributed by atoms with Crippen LogP contribution >= 0.6 is 0 Å². The summed E-state index contributed by atoms with van der Waals surface area (Å²) in [4.78, 5) is 11.9. The number of ether oxygens (including phenoxy) is 1. The zero-order chi connectivity index (χ0) is 26.8. The third-order valence-corrected chi connectivity index (χ3v) is 7.40. The van der Waals surface area contributed by atoms with Gasteiger partial charge >= 0.3 is 5.97 Å². The molecule has 0 saturated heterocycles. The van der Waals surface area contributed by atoms with Crippen LogP contribution in [0.2, 0.25) is 0 Å². The van der Waals surface area contributed by atoms with Gasteiger partial charge in [-0.1, -0.05) is 141 Å². The summed E-state index contributed by atoms with van der Waals surface area (Å²) in [5.41, 5.74) is 0.927. The van der Waals surface area contributed by atoms with E-state index < -0.39 is 0 Å². The highest BCUT2D eigenvalue weighted by Gasteiger charge is 2.04. The number of unbranched alkanes of at least 4 members (excludes halogenated alkanes) is 20. The van der Waals surface area contributed by atoms with E-state index in [1.807, 2.05) is 0 Å². The number of hydrogen-bond donors (Lipinski definition) is 2. The molecule has 2 N–H and O–H groups in total. The highest BCUT2D eigenvalue weighted by atomic mass is 16.5. The van der Waals surface area contributed by atoms with E-state index in [4.69, 9.17) is 4.74 Å². The van der Waals surface area contributed by atoms with E-state index in [0.29, 0.717) is 19.4 Å². The number of esters is 1. The number of aromatic hydroxyl groups is 2. The van der Waals surface area contributed by atoms with Gasteiger partial charge in [0.15, 0.2) is 11.5 Å². The molecular weight excluding hydrogens is 460 g/mol. The maximum absolute atomic E-state index is 11.9. The van der Waals surface area contributed by atoms with Gasteiger partial charge in [0.1, 0.15) is 0 Å². The van der Waals surface area contributed by atoms with Crippen molar-refractivity contribution in [1.29, 1.82) is 0 Å². The van der Waals surface area contributed by atoms with Gasteiger partial charge in [0.2, 0.25) is 0 Å². The third kappa shape index (κ3) is 21.0. The molecule has 0 aliphatic carbocycles. The molecule has 0 aromatic heterocycles. The molecule has 1 rings (SSSR count). The lowest BCUT2D eigenvalue weighted by Crippen LogP contribution is -2.06. The van der Waals surface area contributed by atoms with E-state index in [-0.39, 0.29) is 17.5 Å². The fraction of sp³-hybridized carbons (Fsp3) is 0.788. The van der Waals surface area contributed by atoms with Crippen LogP contribution in [0.25, 0.3) is 0 Å². The van der Waals surface area contributed by atoms with Gasteiger partial charge in [-0.2, -0.15) is 0 Å². The van der Waals surface area contributed by atoms with Crippen molar-refractivity contribution in [2.24, 2.45) is 0 Å². The summed E-state index contributed by atoms with van der Waals surface area (Å²) < 4.78 is 5.31. The molecule has 0 aliphatic heterocycles. The lowest BCUT2D eigenvalue weighted by atomic mass is 10.0. The van der Waals surface area contributed by atoms with E-state index in [0.717, 1.165) is 24.8 Å². The van der Waals surface area contributed by atoms with E-state index >= 15 is 0 Å². The molecule has 0 atom stereocenters. The topological polar surface area (TPSA) is 66.8 Å². The van der Waals surface area contributed by atoms with Crippen molar-refractivity contribution in [3.05, 3.63) is 23.8 Å². The smallest absolute Gasteiger partial charge is 0.305 e. The Kier molecular flexibility index (Phi) is 22.2. The summed E-state index contributed by atoms with van der Waals surface area (Å²) in [5.74, 6) is -0.323. The quantitative estimate of drug-likeness (QED) is 0.0727. The molecule has 4 heteroatoms. The monoisotopic (exact) mass is 518 g/mol. The number of phenolic OH excluding ortho intramolecular Hbond substituents is 2. The maximum Gasteiger partial charge on any atom is 0.305 e. The van der Waals surface area contributed by atoms with Crippen LogP contribution < -0.4 is 0 Å². The fourth-order valence-electron chi connectivity index (χ4n) is 4.96. The lowest BCUT2D eigenvalue weighted by Gasteiger charge is -2.06. The molecule has 0 unspecified atom stereocenters. The average Bonchev–Trinajstić information content (AvgIpc) is 2.89. The van der Waals surface area contributed by atoms with Gasteiger partial charge in [0.25, 0.3) is 0 Å². The Hall–Kier alpha value is -1.71. The first-order chi connectivity index (χ1) is 18.1. The molecule has 0 amide bonds. The van der Waals surface area contributed by atoms with Crippen LogP contribution in [0, 0.1) is 0 Å². The van der Waals surface area contributed by atoms with Crippen molar-refractivity contribution in [1.82, 2.24) is 0 Å². The van der Waals surface area contributed by atoms with Crippen molar-refractivity contribution in [2.45, 2.75) is 161 Å². The van der Waals surface area contributed by atoms with Crippen LogP contribution in [0.5, 0.6) is 11.5 Å². The molecule has 0 spiro atoms. The molecule has 0 saturated carbocycles. The molecule has 214 valence electrons. The zero-order valence-electron chi connectivity index (χ0n) is 24.1. The fourth-order valence-corrected chi connectivity index (χ4v) is 4.96. The van der Waals surface area contributed by atoms with Crippen LogP contribution in [0.15, 0.2) is 18.2 Å². The van der Waals surface area contributed by atoms with Crippen molar-refractivity contribution in [2.75, 3.05) is 6.61 Å². The number of rotatable bonds is 26. The predicted octanol–water partition coefficient (Wildman–Crippen LogP) is 10.2. The minimum Gasteiger partial charge on any atom is -0.504 e. The second-order valence-corrected chi connectivity index (χ2v) is 11.0. The number of carbonyl (C=O) groups excluding carboxylic acids is 1. The first kappa shape index (κ1) is 33.3. The van der Waals surface area contributed by atoms with E-state index in [1.165, 1.54) is 128 Å². The normalized spacial score (nSPS) is 11.2. The van der Waals surface area contributed by atoms with Gasteiger partial charge in [-0.25, -0.2) is 0 Å². The Bertz CT molecular complexity index is 658. The van der Waals surface area contributed by atoms with Crippen molar-refractivity contribution < 1.29 is 19.7 Å². The molecule has 0 bridgehead atoms. The summed E-state index contributed by atoms with van der Waals surface area (Å²) in [5, 5.41) is 18.8. The molecule has 0 aliphatic rings. The predicted molar refractivity (Wildman–Crippen MR) is 156 cm³/mol. The standard InChI is InChI=1S/C33H58O4/c1-2-3-4-5-6-7-8-9-10-11-12-13-14-15-16-17-18-19-20-21-22-25-33(36)37-28-23-24-30-26-27-31(34)32(35)29-30/h26-27,29,34-35H,2-25,28H2,1H3. The summed E-state index contributed by atoms with van der Waals surface area (Å²) in [7, 11) is 0. The van der Waals surface area contributed by atoms with E-state index in [9.17, 15) is 15.0 Å². The van der Waals surface area contributed by atoms with Gasteiger partial charge in [0.05, 0.1) is 6.61 Å². The van der Waals surface area contributed by atoms with Gasteiger partial charge in [-0.05, 0) is 37.0 Å². The summed E-state index contributed by atoms with van der Waals surface area (Å²) >= 11 is 0. The molecule has 0 fully saturated rings. The maximum atomic E-state index is 11.9. The lowest BCUT2D eigenvalue weighted by molar-refractivity contribution is -0.143. The summed E-state index contributed by atoms with van der Waals surface area (Å²) in [6.07, 6.45) is 30.6. The largest absolute Gasteiger partial charge is 0.504 e. The summed E-state index contributed by atoms with van der Waals surface area (Å²) in [6, 6.07) is 4.81. The minimum absolute atomic E-state index is 0.105. The average molecular weight is 519 g/mol. The van der Waals surface area contributed by atoms with Crippen molar-refractivity contribution in [3.8, 4) is 11.5 Å². The Morgan fingerprint density at radius 2 is 1.03 bits per heavy atom. The van der Waals surface area contributed by atoms with Crippen LogP contribution in [0.1, 0.15) is 160 Å². The van der Waals surface area contributed by atoms with Gasteiger partial charge < -0.3 is 14.9 Å². The minimum atomic E-state index is -0.111. The zero-order valence-corrected chi connectivity index (χ0v) is 24.1. The van der Waals surface area contributed by atoms with Gasteiger partial charge in [-0.15, -0.1) is 0 Å². The van der Waals surface area contributed by atoms with Crippen LogP contribution in [-0.4, -0.2) is 22.8 Å². The van der Waals surface area contributed by atoms with Gasteiger partial charge in [0, 0.05) is 6.42 Å². The van der Waals surface area contributed by atoms with Crippen molar-refractivity contribution in [3.63, 3.8) is 0 Å². The number of phenols is 2. The Labute approximate surface area is 228 Å². The van der Waals surface area contributed by atoms with E-state index in [1.54, 1.807) is 12.1 Å². The van der Waals surface area contributed by atoms with Crippen LogP contribution in [-0.2, 0) is 16.0 Å². The second-order valence-electron chi connectivity index (χ2n) is 11.0. The number of aryl methyl sites for hydroxylation is 1. The third-order valence-electron chi connectivity index (χ3n) is 7.40. The molecule has 4 nitrogen and oxygen atoms in total. The molecule has 0 heterocycles. The molecule has 1 aromatic rings. The summed E-state index contributed by atoms with van der Waals surface area (Å²) in [6.45, 7) is 2.69. The molecule has 0 radical (unpaired) electrons. The highest BCUT2D eigenvalue weighted by Crippen LogP contribution is 2.25. The number of benzene rings is 1. The van der Waals surface area contributed by atoms with E-state index in [2.05, 4.69) is 6.92 Å². The Balaban J connectivity index is 1.74. The first-order valence-electron chi connectivity index (χ1n) is 15.8. The highest BCUT2D eigenvalue weighted by molar-refractivity contribution is 5.69. The van der Waals surface area contributed by atoms with Crippen LogP contribution in [0.4, 0.5) is 0 Å². The van der Waals surface area contributed by atoms with Crippen LogP contribution in [0.3, 0.4) is 0 Å². The first-order valence-corrected chi connectivity index (χ1v) is 15.8. The van der Waals surface area contributed by atoms with Crippen molar-refractivity contribution >= 4 is 5.97 Å². The molecule has 1 aromatic carbocycles. The number of hydrogen-bond acceptors (Lipinski definition) is 4. The number of carbonyl (C=O) groups is 1. The Morgan fingerprint density at radius 3 is 1.46 bits per heavy atom. The SMILES string of the molecule is CCCCCCCCCCCCCCCCCCCCCCCC(=O)OCCCc1ccc(O)c(O)c1. The molecular formula is C33H58O4.